The van der Waals surface area contributed by atoms with Crippen LogP contribution in [0.5, 0.6) is 5.75 Å². The van der Waals surface area contributed by atoms with Gasteiger partial charge in [-0.2, -0.15) is 5.10 Å². The van der Waals surface area contributed by atoms with E-state index in [2.05, 4.69) is 15.8 Å². The lowest BCUT2D eigenvalue weighted by Crippen LogP contribution is -2.32. The summed E-state index contributed by atoms with van der Waals surface area (Å²) in [7, 11) is 0. The van der Waals surface area contributed by atoms with Crippen molar-refractivity contribution in [2.75, 3.05) is 5.32 Å². The number of benzene rings is 2. The Kier molecular flexibility index (Phi) is 5.09. The second kappa shape index (κ2) is 7.22. The molecule has 6 heteroatoms. The minimum atomic E-state index is -0.859. The third-order valence-corrected chi connectivity index (χ3v) is 3.20. The summed E-state index contributed by atoms with van der Waals surface area (Å²) in [6.45, 7) is 3.70. The zero-order chi connectivity index (χ0) is 16.8. The van der Waals surface area contributed by atoms with Crippen molar-refractivity contribution < 1.29 is 14.7 Å². The Labute approximate surface area is 133 Å². The number of nitrogens with one attached hydrogen (secondary N) is 2. The number of anilines is 1. The summed E-state index contributed by atoms with van der Waals surface area (Å²) in [5, 5.41) is 15.4. The van der Waals surface area contributed by atoms with Crippen molar-refractivity contribution in [3.05, 3.63) is 59.2 Å². The molecule has 2 aromatic carbocycles. The lowest BCUT2D eigenvalue weighted by atomic mass is 10.1. The highest BCUT2D eigenvalue weighted by Gasteiger charge is 2.14. The van der Waals surface area contributed by atoms with Gasteiger partial charge in [-0.05, 0) is 54.8 Å². The van der Waals surface area contributed by atoms with Gasteiger partial charge in [-0.15, -0.1) is 0 Å². The van der Waals surface area contributed by atoms with Crippen LogP contribution in [0.2, 0.25) is 0 Å². The van der Waals surface area contributed by atoms with E-state index in [0.29, 0.717) is 11.3 Å². The largest absolute Gasteiger partial charge is 0.508 e. The third kappa shape index (κ3) is 4.41. The van der Waals surface area contributed by atoms with E-state index in [9.17, 15) is 9.59 Å². The molecule has 6 nitrogen and oxygen atoms in total. The predicted molar refractivity (Wildman–Crippen MR) is 88.4 cm³/mol. The van der Waals surface area contributed by atoms with E-state index < -0.39 is 11.8 Å². The Morgan fingerprint density at radius 3 is 2.22 bits per heavy atom. The van der Waals surface area contributed by atoms with Crippen LogP contribution in [0.15, 0.2) is 47.6 Å². The summed E-state index contributed by atoms with van der Waals surface area (Å²) in [6, 6.07) is 11.8. The van der Waals surface area contributed by atoms with Crippen molar-refractivity contribution in [1.29, 1.82) is 0 Å². The van der Waals surface area contributed by atoms with Crippen molar-refractivity contribution in [3.63, 3.8) is 0 Å². The van der Waals surface area contributed by atoms with Crippen LogP contribution < -0.4 is 10.7 Å². The number of hydrogen-bond acceptors (Lipinski definition) is 4. The van der Waals surface area contributed by atoms with Crippen LogP contribution in [-0.4, -0.2) is 23.1 Å². The molecule has 0 aliphatic carbocycles. The summed E-state index contributed by atoms with van der Waals surface area (Å²) >= 11 is 0. The van der Waals surface area contributed by atoms with E-state index in [1.54, 1.807) is 12.1 Å². The molecular weight excluding hydrogens is 294 g/mol. The number of rotatable bonds is 3. The molecule has 0 saturated heterocycles. The normalized spacial score (nSPS) is 10.5. The Bertz CT molecular complexity index is 732. The highest BCUT2D eigenvalue weighted by molar-refractivity contribution is 6.39. The van der Waals surface area contributed by atoms with Gasteiger partial charge in [-0.3, -0.25) is 9.59 Å². The van der Waals surface area contributed by atoms with Gasteiger partial charge in [0.05, 0.1) is 6.21 Å². The SMILES string of the molecule is Cc1cccc(C)c1NC(=O)C(=O)N/N=C/c1ccc(O)cc1. The number of aryl methyl sites for hydroxylation is 2. The van der Waals surface area contributed by atoms with Gasteiger partial charge >= 0.3 is 11.8 Å². The molecule has 0 heterocycles. The molecule has 0 radical (unpaired) electrons. The number of carbonyl (C=O) groups is 2. The number of aromatic hydroxyl groups is 1. The van der Waals surface area contributed by atoms with E-state index in [-0.39, 0.29) is 5.75 Å². The minimum absolute atomic E-state index is 0.138. The van der Waals surface area contributed by atoms with Crippen molar-refractivity contribution in [3.8, 4) is 5.75 Å². The third-order valence-electron chi connectivity index (χ3n) is 3.20. The lowest BCUT2D eigenvalue weighted by molar-refractivity contribution is -0.136. The number of carbonyl (C=O) groups excluding carboxylic acids is 2. The average molecular weight is 311 g/mol. The van der Waals surface area contributed by atoms with Crippen LogP contribution in [0, 0.1) is 13.8 Å². The Morgan fingerprint density at radius 2 is 1.61 bits per heavy atom. The molecule has 118 valence electrons. The fourth-order valence-corrected chi connectivity index (χ4v) is 1.96. The van der Waals surface area contributed by atoms with Gasteiger partial charge < -0.3 is 10.4 Å². The van der Waals surface area contributed by atoms with Crippen molar-refractivity contribution in [1.82, 2.24) is 5.43 Å². The number of phenolic OH excluding ortho intramolecular Hbond substituents is 1. The van der Waals surface area contributed by atoms with Crippen LogP contribution in [0.25, 0.3) is 0 Å². The molecule has 23 heavy (non-hydrogen) atoms. The van der Waals surface area contributed by atoms with Crippen LogP contribution in [0.1, 0.15) is 16.7 Å². The number of nitrogens with zero attached hydrogens (tertiary/aromatic N) is 1. The van der Waals surface area contributed by atoms with E-state index in [0.717, 1.165) is 11.1 Å². The quantitative estimate of drug-likeness (QED) is 0.460. The maximum absolute atomic E-state index is 11.9. The number of phenols is 1. The molecule has 0 aliphatic rings. The van der Waals surface area contributed by atoms with Gasteiger partial charge in [-0.1, -0.05) is 18.2 Å². The zero-order valence-corrected chi connectivity index (χ0v) is 12.8. The first-order valence-electron chi connectivity index (χ1n) is 6.97. The van der Waals surface area contributed by atoms with Gasteiger partial charge in [0.1, 0.15) is 5.75 Å². The first-order valence-corrected chi connectivity index (χ1v) is 6.97. The maximum atomic E-state index is 11.9. The molecule has 0 aromatic heterocycles. The molecular formula is C17H17N3O3. The first kappa shape index (κ1) is 16.2. The van der Waals surface area contributed by atoms with Crippen LogP contribution in [0.4, 0.5) is 5.69 Å². The minimum Gasteiger partial charge on any atom is -0.508 e. The molecule has 2 amide bonds. The molecule has 2 aromatic rings. The van der Waals surface area contributed by atoms with Crippen LogP contribution in [0.3, 0.4) is 0 Å². The van der Waals surface area contributed by atoms with Gasteiger partial charge in [0.2, 0.25) is 0 Å². The molecule has 2 rings (SSSR count). The highest BCUT2D eigenvalue weighted by Crippen LogP contribution is 2.19. The summed E-state index contributed by atoms with van der Waals surface area (Å²) in [5.74, 6) is -1.51. The molecule has 0 spiro atoms. The monoisotopic (exact) mass is 311 g/mol. The molecule has 0 saturated carbocycles. The maximum Gasteiger partial charge on any atom is 0.329 e. The number of amides is 2. The van der Waals surface area contributed by atoms with Gasteiger partial charge in [0.25, 0.3) is 0 Å². The van der Waals surface area contributed by atoms with Crippen molar-refractivity contribution >= 4 is 23.7 Å². The predicted octanol–water partition coefficient (Wildman–Crippen LogP) is 2.10. The summed E-state index contributed by atoms with van der Waals surface area (Å²) in [6.07, 6.45) is 1.38. The summed E-state index contributed by atoms with van der Waals surface area (Å²) < 4.78 is 0. The standard InChI is InChI=1S/C17H17N3O3/c1-11-4-3-5-12(2)15(11)19-16(22)17(23)20-18-10-13-6-8-14(21)9-7-13/h3-10,21H,1-2H3,(H,19,22)(H,20,23)/b18-10+. The molecule has 0 aliphatic heterocycles. The summed E-state index contributed by atoms with van der Waals surface area (Å²) in [4.78, 5) is 23.6. The highest BCUT2D eigenvalue weighted by atomic mass is 16.3. The number of para-hydroxylation sites is 1. The zero-order valence-electron chi connectivity index (χ0n) is 12.8. The molecule has 0 atom stereocenters. The van der Waals surface area contributed by atoms with E-state index in [1.807, 2.05) is 32.0 Å². The molecule has 0 bridgehead atoms. The van der Waals surface area contributed by atoms with Crippen LogP contribution in [-0.2, 0) is 9.59 Å². The Balaban J connectivity index is 1.95. The van der Waals surface area contributed by atoms with Crippen molar-refractivity contribution in [2.24, 2.45) is 5.10 Å². The first-order chi connectivity index (χ1) is 11.0. The van der Waals surface area contributed by atoms with Gasteiger partial charge in [-0.25, -0.2) is 5.43 Å². The smallest absolute Gasteiger partial charge is 0.329 e. The second-order valence-corrected chi connectivity index (χ2v) is 5.01. The average Bonchev–Trinajstić information content (AvgIpc) is 2.52. The number of hydrogen-bond donors (Lipinski definition) is 3. The Hall–Kier alpha value is -3.15. The fraction of sp³-hybridized carbons (Fsp3) is 0.118. The second-order valence-electron chi connectivity index (χ2n) is 5.01. The topological polar surface area (TPSA) is 90.8 Å². The van der Waals surface area contributed by atoms with Gasteiger partial charge in [0, 0.05) is 5.69 Å². The van der Waals surface area contributed by atoms with Gasteiger partial charge in [0.15, 0.2) is 0 Å². The Morgan fingerprint density at radius 1 is 1.00 bits per heavy atom. The molecule has 0 unspecified atom stereocenters. The summed E-state index contributed by atoms with van der Waals surface area (Å²) in [5.41, 5.74) is 5.21. The lowest BCUT2D eigenvalue weighted by Gasteiger charge is -2.10. The molecule has 3 N–H and O–H groups in total. The molecule has 0 fully saturated rings. The van der Waals surface area contributed by atoms with E-state index in [1.165, 1.54) is 18.3 Å². The fourth-order valence-electron chi connectivity index (χ4n) is 1.96. The van der Waals surface area contributed by atoms with Crippen LogP contribution >= 0.6 is 0 Å². The number of hydrazone groups is 1. The van der Waals surface area contributed by atoms with E-state index >= 15 is 0 Å². The van der Waals surface area contributed by atoms with Crippen molar-refractivity contribution in [2.45, 2.75) is 13.8 Å². The van der Waals surface area contributed by atoms with E-state index in [4.69, 9.17) is 5.11 Å².